The van der Waals surface area contributed by atoms with Crippen LogP contribution in [0.3, 0.4) is 0 Å². The fourth-order valence-corrected chi connectivity index (χ4v) is 2.41. The van der Waals surface area contributed by atoms with Crippen molar-refractivity contribution < 1.29 is 4.74 Å². The van der Waals surface area contributed by atoms with Crippen molar-refractivity contribution in [3.05, 3.63) is 30.1 Å². The summed E-state index contributed by atoms with van der Waals surface area (Å²) in [5.74, 6) is 0. The van der Waals surface area contributed by atoms with Crippen molar-refractivity contribution in [1.82, 2.24) is 9.97 Å². The van der Waals surface area contributed by atoms with E-state index in [4.69, 9.17) is 4.74 Å². The number of aromatic nitrogens is 2. The predicted octanol–water partition coefficient (Wildman–Crippen LogP) is 3.42. The molecule has 17 heavy (non-hydrogen) atoms. The third kappa shape index (κ3) is 3.68. The molecule has 0 aliphatic heterocycles. The average molecular weight is 248 g/mol. The van der Waals surface area contributed by atoms with E-state index >= 15 is 0 Å². The van der Waals surface area contributed by atoms with Crippen molar-refractivity contribution in [1.29, 1.82) is 0 Å². The van der Waals surface area contributed by atoms with Gasteiger partial charge in [-0.2, -0.15) is 0 Å². The number of H-pyrrole nitrogens is 1. The highest BCUT2D eigenvalue weighted by Gasteiger charge is 2.12. The first-order chi connectivity index (χ1) is 8.04. The fraction of sp³-hybridized carbons (Fsp3) is 0.462. The summed E-state index contributed by atoms with van der Waals surface area (Å²) in [5.41, 5.74) is 2.05. The molecule has 4 heteroatoms. The van der Waals surface area contributed by atoms with Crippen LogP contribution < -0.4 is 0 Å². The maximum atomic E-state index is 5.70. The lowest BCUT2D eigenvalue weighted by Crippen LogP contribution is -2.21. The molecule has 2 rings (SSSR count). The standard InChI is InChI=1S/C13H20N2OSi/c1-17(2,3)8-7-16-10-12-9-11-5-4-6-14-13(11)15-12/h4-6,9H,7-8,10H2,1-3H3,(H,14,15). The Morgan fingerprint density at radius 1 is 1.35 bits per heavy atom. The van der Waals surface area contributed by atoms with Gasteiger partial charge in [0.15, 0.2) is 0 Å². The SMILES string of the molecule is C[Si](C)(C)CCOCc1cc2cccnc2[nH]1. The Morgan fingerprint density at radius 3 is 2.88 bits per heavy atom. The first kappa shape index (κ1) is 12.3. The monoisotopic (exact) mass is 248 g/mol. The van der Waals surface area contributed by atoms with E-state index in [1.54, 1.807) is 6.20 Å². The fourth-order valence-electron chi connectivity index (χ4n) is 1.65. The molecule has 2 aromatic rings. The Kier molecular flexibility index (Phi) is 3.64. The van der Waals surface area contributed by atoms with Crippen LogP contribution in [-0.4, -0.2) is 24.6 Å². The summed E-state index contributed by atoms with van der Waals surface area (Å²) in [6.07, 6.45) is 1.80. The smallest absolute Gasteiger partial charge is 0.137 e. The van der Waals surface area contributed by atoms with Crippen LogP contribution in [0.4, 0.5) is 0 Å². The molecule has 0 aliphatic rings. The van der Waals surface area contributed by atoms with E-state index in [9.17, 15) is 0 Å². The molecular weight excluding hydrogens is 228 g/mol. The lowest BCUT2D eigenvalue weighted by Gasteiger charge is -2.14. The Balaban J connectivity index is 1.87. The van der Waals surface area contributed by atoms with Gasteiger partial charge in [0.2, 0.25) is 0 Å². The van der Waals surface area contributed by atoms with E-state index in [-0.39, 0.29) is 0 Å². The van der Waals surface area contributed by atoms with Gasteiger partial charge in [0.1, 0.15) is 5.65 Å². The number of nitrogens with one attached hydrogen (secondary N) is 1. The van der Waals surface area contributed by atoms with Gasteiger partial charge in [-0.05, 0) is 24.2 Å². The summed E-state index contributed by atoms with van der Waals surface area (Å²) < 4.78 is 5.70. The zero-order valence-corrected chi connectivity index (χ0v) is 11.8. The van der Waals surface area contributed by atoms with E-state index in [1.165, 1.54) is 6.04 Å². The van der Waals surface area contributed by atoms with E-state index in [0.29, 0.717) is 6.61 Å². The number of hydrogen-bond donors (Lipinski definition) is 1. The van der Waals surface area contributed by atoms with Crippen LogP contribution in [0.5, 0.6) is 0 Å². The summed E-state index contributed by atoms with van der Waals surface area (Å²) in [7, 11) is -0.975. The summed E-state index contributed by atoms with van der Waals surface area (Å²) in [4.78, 5) is 7.53. The second-order valence-electron chi connectivity index (χ2n) is 5.60. The molecule has 3 nitrogen and oxygen atoms in total. The lowest BCUT2D eigenvalue weighted by atomic mass is 10.3. The quantitative estimate of drug-likeness (QED) is 0.650. The number of hydrogen-bond acceptors (Lipinski definition) is 2. The third-order valence-electron chi connectivity index (χ3n) is 2.70. The number of rotatable bonds is 5. The molecule has 0 aromatic carbocycles. The van der Waals surface area contributed by atoms with Gasteiger partial charge in [0.25, 0.3) is 0 Å². The molecule has 0 amide bonds. The van der Waals surface area contributed by atoms with Crippen molar-refractivity contribution in [3.63, 3.8) is 0 Å². The van der Waals surface area contributed by atoms with Crippen LogP contribution in [0.15, 0.2) is 24.4 Å². The second-order valence-corrected chi connectivity index (χ2v) is 11.2. The van der Waals surface area contributed by atoms with Crippen LogP contribution in [0.2, 0.25) is 25.7 Å². The molecule has 2 aromatic heterocycles. The number of fused-ring (bicyclic) bond motifs is 1. The maximum Gasteiger partial charge on any atom is 0.137 e. The molecular formula is C13H20N2OSi. The number of ether oxygens (including phenoxy) is 1. The largest absolute Gasteiger partial charge is 0.376 e. The summed E-state index contributed by atoms with van der Waals surface area (Å²) in [6, 6.07) is 7.33. The molecule has 0 atom stereocenters. The Hall–Kier alpha value is -1.13. The molecule has 92 valence electrons. The van der Waals surface area contributed by atoms with E-state index in [2.05, 4.69) is 41.7 Å². The van der Waals surface area contributed by atoms with Crippen molar-refractivity contribution in [2.75, 3.05) is 6.61 Å². The van der Waals surface area contributed by atoms with E-state index in [1.807, 2.05) is 6.07 Å². The minimum atomic E-state index is -0.975. The summed E-state index contributed by atoms with van der Waals surface area (Å²) in [5, 5.41) is 1.15. The highest BCUT2D eigenvalue weighted by molar-refractivity contribution is 6.76. The van der Waals surface area contributed by atoms with E-state index < -0.39 is 8.07 Å². The van der Waals surface area contributed by atoms with Gasteiger partial charge in [-0.3, -0.25) is 0 Å². The first-order valence-corrected chi connectivity index (χ1v) is 9.76. The minimum absolute atomic E-state index is 0.654. The molecule has 0 spiro atoms. The van der Waals surface area contributed by atoms with Gasteiger partial charge in [-0.25, -0.2) is 4.98 Å². The lowest BCUT2D eigenvalue weighted by molar-refractivity contribution is 0.131. The number of pyridine rings is 1. The van der Waals surface area contributed by atoms with Gasteiger partial charge in [-0.15, -0.1) is 0 Å². The van der Waals surface area contributed by atoms with Crippen molar-refractivity contribution in [2.45, 2.75) is 32.3 Å². The molecule has 0 unspecified atom stereocenters. The molecule has 0 bridgehead atoms. The third-order valence-corrected chi connectivity index (χ3v) is 4.41. The average Bonchev–Trinajstić information content (AvgIpc) is 2.65. The molecule has 1 N–H and O–H groups in total. The van der Waals surface area contributed by atoms with Crippen molar-refractivity contribution in [2.24, 2.45) is 0 Å². The zero-order valence-electron chi connectivity index (χ0n) is 10.8. The Bertz CT molecular complexity index is 454. The highest BCUT2D eigenvalue weighted by Crippen LogP contribution is 2.13. The van der Waals surface area contributed by atoms with Crippen LogP contribution in [0.1, 0.15) is 5.69 Å². The molecule has 0 saturated carbocycles. The molecule has 0 fully saturated rings. The highest BCUT2D eigenvalue weighted by atomic mass is 28.3. The Morgan fingerprint density at radius 2 is 2.18 bits per heavy atom. The minimum Gasteiger partial charge on any atom is -0.376 e. The van der Waals surface area contributed by atoms with Gasteiger partial charge in [0, 0.05) is 32.0 Å². The molecule has 0 radical (unpaired) electrons. The normalized spacial score (nSPS) is 12.2. The Labute approximate surface area is 103 Å². The zero-order chi connectivity index (χ0) is 12.3. The topological polar surface area (TPSA) is 37.9 Å². The van der Waals surface area contributed by atoms with Crippen LogP contribution in [-0.2, 0) is 11.3 Å². The van der Waals surface area contributed by atoms with Crippen LogP contribution in [0.25, 0.3) is 11.0 Å². The van der Waals surface area contributed by atoms with Crippen LogP contribution in [0, 0.1) is 0 Å². The molecule has 0 aliphatic carbocycles. The van der Waals surface area contributed by atoms with Gasteiger partial charge in [-0.1, -0.05) is 19.6 Å². The van der Waals surface area contributed by atoms with Gasteiger partial charge < -0.3 is 9.72 Å². The predicted molar refractivity (Wildman–Crippen MR) is 73.9 cm³/mol. The number of aromatic amines is 1. The summed E-state index contributed by atoms with van der Waals surface area (Å²) >= 11 is 0. The van der Waals surface area contributed by atoms with Crippen LogP contribution >= 0.6 is 0 Å². The summed E-state index contributed by atoms with van der Waals surface area (Å²) in [6.45, 7) is 8.61. The van der Waals surface area contributed by atoms with E-state index in [0.717, 1.165) is 23.3 Å². The van der Waals surface area contributed by atoms with Crippen molar-refractivity contribution >= 4 is 19.1 Å². The van der Waals surface area contributed by atoms with Gasteiger partial charge >= 0.3 is 0 Å². The maximum absolute atomic E-state index is 5.70. The van der Waals surface area contributed by atoms with Crippen molar-refractivity contribution in [3.8, 4) is 0 Å². The first-order valence-electron chi connectivity index (χ1n) is 6.05. The van der Waals surface area contributed by atoms with Gasteiger partial charge in [0.05, 0.1) is 6.61 Å². The molecule has 0 saturated heterocycles. The number of nitrogens with zero attached hydrogens (tertiary/aromatic N) is 1. The molecule has 2 heterocycles. The second kappa shape index (κ2) is 5.02.